The number of benzene rings is 2. The first kappa shape index (κ1) is 21.9. The molecule has 1 aliphatic rings. The minimum atomic E-state index is 1.16. The van der Waals surface area contributed by atoms with E-state index >= 15 is 0 Å². The molecular weight excluding hydrogens is 350 g/mol. The summed E-state index contributed by atoms with van der Waals surface area (Å²) in [5, 5.41) is 5.26. The molecule has 1 nitrogen and oxygen atoms in total. The Balaban J connectivity index is 2.06. The number of fused-ring (bicyclic) bond motifs is 3. The zero-order valence-corrected chi connectivity index (χ0v) is 19.2. The van der Waals surface area contributed by atoms with Gasteiger partial charge in [0.25, 0.3) is 0 Å². The molecule has 3 rings (SSSR count). The van der Waals surface area contributed by atoms with Gasteiger partial charge in [-0.15, -0.1) is 0 Å². The maximum atomic E-state index is 5.26. The Bertz CT molecular complexity index is 735. The maximum absolute atomic E-state index is 5.26. The van der Waals surface area contributed by atoms with E-state index in [4.69, 9.17) is 5.32 Å². The van der Waals surface area contributed by atoms with Crippen LogP contribution in [0.5, 0.6) is 0 Å². The lowest BCUT2D eigenvalue weighted by atomic mass is 9.92. The average molecular weight is 391 g/mol. The van der Waals surface area contributed by atoms with Crippen LogP contribution in [0, 0.1) is 0 Å². The molecule has 29 heavy (non-hydrogen) atoms. The van der Waals surface area contributed by atoms with E-state index in [0.717, 1.165) is 12.8 Å². The Morgan fingerprint density at radius 1 is 0.517 bits per heavy atom. The third-order valence-corrected chi connectivity index (χ3v) is 6.25. The molecule has 2 aromatic rings. The second kappa shape index (κ2) is 10.9. The highest BCUT2D eigenvalue weighted by molar-refractivity contribution is 5.94. The van der Waals surface area contributed by atoms with E-state index in [1.165, 1.54) is 109 Å². The predicted molar refractivity (Wildman–Crippen MR) is 128 cm³/mol. The van der Waals surface area contributed by atoms with E-state index in [-0.39, 0.29) is 0 Å². The summed E-state index contributed by atoms with van der Waals surface area (Å²) in [7, 11) is 0. The Labute approximate surface area is 179 Å². The predicted octanol–water partition coefficient (Wildman–Crippen LogP) is 8.61. The maximum Gasteiger partial charge on any atom is 0.0748 e. The lowest BCUT2D eigenvalue weighted by molar-refractivity contribution is 0.777. The van der Waals surface area contributed by atoms with E-state index in [1.54, 1.807) is 0 Å². The van der Waals surface area contributed by atoms with Gasteiger partial charge in [0.05, 0.1) is 11.4 Å². The van der Waals surface area contributed by atoms with Gasteiger partial charge in [0.1, 0.15) is 0 Å². The van der Waals surface area contributed by atoms with Crippen molar-refractivity contribution in [2.75, 3.05) is 0 Å². The van der Waals surface area contributed by atoms with Gasteiger partial charge in [-0.05, 0) is 85.8 Å². The summed E-state index contributed by atoms with van der Waals surface area (Å²) < 4.78 is 0. The van der Waals surface area contributed by atoms with Gasteiger partial charge in [-0.1, -0.05) is 65.5 Å². The molecule has 0 saturated carbocycles. The van der Waals surface area contributed by atoms with Gasteiger partial charge in [-0.2, -0.15) is 0 Å². The molecule has 0 bridgehead atoms. The van der Waals surface area contributed by atoms with Crippen molar-refractivity contribution >= 4 is 11.4 Å². The highest BCUT2D eigenvalue weighted by atomic mass is 14.9. The van der Waals surface area contributed by atoms with Gasteiger partial charge in [0.15, 0.2) is 0 Å². The number of aryl methyl sites for hydroxylation is 4. The lowest BCUT2D eigenvalue weighted by Gasteiger charge is -2.11. The Morgan fingerprint density at radius 2 is 0.897 bits per heavy atom. The molecule has 0 fully saturated rings. The van der Waals surface area contributed by atoms with Crippen molar-refractivity contribution in [3.8, 4) is 11.1 Å². The van der Waals surface area contributed by atoms with Crippen LogP contribution in [-0.4, -0.2) is 0 Å². The fraction of sp³-hybridized carbons (Fsp3) is 0.571. The summed E-state index contributed by atoms with van der Waals surface area (Å²) in [5.41, 5.74) is 11.3. The van der Waals surface area contributed by atoms with E-state index in [1.807, 2.05) is 0 Å². The van der Waals surface area contributed by atoms with Gasteiger partial charge in [-0.25, -0.2) is 5.32 Å². The van der Waals surface area contributed by atoms with Gasteiger partial charge in [-0.3, -0.25) is 0 Å². The van der Waals surface area contributed by atoms with Crippen LogP contribution < -0.4 is 5.32 Å². The first-order chi connectivity index (χ1) is 14.2. The second-order valence-electron chi connectivity index (χ2n) is 8.83. The molecular formula is C28H40N. The molecule has 0 spiro atoms. The molecule has 2 aromatic carbocycles. The smallest absolute Gasteiger partial charge is 0.0748 e. The molecule has 0 amide bonds. The second-order valence-corrected chi connectivity index (χ2v) is 8.83. The molecule has 157 valence electrons. The van der Waals surface area contributed by atoms with Crippen LogP contribution in [0.15, 0.2) is 24.3 Å². The van der Waals surface area contributed by atoms with Crippen molar-refractivity contribution in [1.82, 2.24) is 5.32 Å². The van der Waals surface area contributed by atoms with Crippen LogP contribution in [0.1, 0.15) is 101 Å². The van der Waals surface area contributed by atoms with Gasteiger partial charge < -0.3 is 0 Å². The summed E-state index contributed by atoms with van der Waals surface area (Å²) in [6, 6.07) is 9.85. The summed E-state index contributed by atoms with van der Waals surface area (Å²) in [5.74, 6) is 0. The van der Waals surface area contributed by atoms with Crippen molar-refractivity contribution in [1.29, 1.82) is 0 Å². The normalized spacial score (nSPS) is 12.0. The fourth-order valence-corrected chi connectivity index (χ4v) is 4.47. The zero-order chi connectivity index (χ0) is 20.6. The molecule has 0 saturated heterocycles. The molecule has 1 radical (unpaired) electrons. The number of unbranched alkanes of at least 4 members (excludes halogenated alkanes) is 4. The Kier molecular flexibility index (Phi) is 8.21. The number of nitrogens with zero attached hydrogens (tertiary/aromatic N) is 1. The largest absolute Gasteiger partial charge is 0.247 e. The minimum absolute atomic E-state index is 1.16. The number of hydrogen-bond acceptors (Lipinski definition) is 0. The molecule has 0 unspecified atom stereocenters. The average Bonchev–Trinajstić information content (AvgIpc) is 3.11. The highest BCUT2D eigenvalue weighted by Crippen LogP contribution is 2.48. The van der Waals surface area contributed by atoms with Crippen molar-refractivity contribution in [3.05, 3.63) is 46.5 Å². The van der Waals surface area contributed by atoms with Crippen LogP contribution in [0.3, 0.4) is 0 Å². The fourth-order valence-electron chi connectivity index (χ4n) is 4.47. The number of rotatable bonds is 12. The monoisotopic (exact) mass is 390 g/mol. The summed E-state index contributed by atoms with van der Waals surface area (Å²) in [4.78, 5) is 0. The van der Waals surface area contributed by atoms with E-state index in [0.29, 0.717) is 0 Å². The number of hydrogen-bond donors (Lipinski definition) is 0. The molecule has 1 heteroatoms. The topological polar surface area (TPSA) is 14.1 Å². The van der Waals surface area contributed by atoms with Crippen LogP contribution in [0.25, 0.3) is 11.1 Å². The third kappa shape index (κ3) is 5.24. The lowest BCUT2D eigenvalue weighted by Crippen LogP contribution is -1.97. The zero-order valence-electron chi connectivity index (χ0n) is 19.2. The van der Waals surface area contributed by atoms with Crippen LogP contribution in [0.4, 0.5) is 11.4 Å². The van der Waals surface area contributed by atoms with Crippen molar-refractivity contribution in [3.63, 3.8) is 0 Å². The van der Waals surface area contributed by atoms with Crippen molar-refractivity contribution in [2.24, 2.45) is 0 Å². The molecule has 0 atom stereocenters. The van der Waals surface area contributed by atoms with Crippen LogP contribution >= 0.6 is 0 Å². The summed E-state index contributed by atoms with van der Waals surface area (Å²) in [6.45, 7) is 9.15. The van der Waals surface area contributed by atoms with E-state index in [2.05, 4.69) is 52.0 Å². The SMILES string of the molecule is CCCCc1cc(CCCC)c2c(c1)-c1cc(CCCC)cc(CCCC)c1[N]2. The molecule has 1 aliphatic heterocycles. The first-order valence-corrected chi connectivity index (χ1v) is 12.2. The van der Waals surface area contributed by atoms with Crippen molar-refractivity contribution in [2.45, 2.75) is 105 Å². The van der Waals surface area contributed by atoms with Gasteiger partial charge in [0.2, 0.25) is 0 Å². The minimum Gasteiger partial charge on any atom is -0.247 e. The Hall–Kier alpha value is -1.76. The first-order valence-electron chi connectivity index (χ1n) is 12.2. The van der Waals surface area contributed by atoms with Crippen LogP contribution in [-0.2, 0) is 25.7 Å². The highest BCUT2D eigenvalue weighted by Gasteiger charge is 2.26. The molecule has 0 N–H and O–H groups in total. The summed E-state index contributed by atoms with van der Waals surface area (Å²) in [6.07, 6.45) is 14.7. The quantitative estimate of drug-likeness (QED) is 0.294. The molecule has 0 aromatic heterocycles. The van der Waals surface area contributed by atoms with Crippen LogP contribution in [0.2, 0.25) is 0 Å². The van der Waals surface area contributed by atoms with Crippen molar-refractivity contribution < 1.29 is 0 Å². The van der Waals surface area contributed by atoms with Gasteiger partial charge in [0, 0.05) is 11.1 Å². The molecule has 0 aliphatic carbocycles. The standard InChI is InChI=1S/C28H40N/c1-5-9-13-21-17-23(15-11-7-3)27-25(19-21)26-20-22(14-10-6-2)18-24(16-12-8-4)28(26)29-27/h17-20H,5-16H2,1-4H3. The van der Waals surface area contributed by atoms with E-state index < -0.39 is 0 Å². The third-order valence-electron chi connectivity index (χ3n) is 6.25. The van der Waals surface area contributed by atoms with Gasteiger partial charge >= 0.3 is 0 Å². The van der Waals surface area contributed by atoms with E-state index in [9.17, 15) is 0 Å². The summed E-state index contributed by atoms with van der Waals surface area (Å²) >= 11 is 0. The molecule has 1 heterocycles. The Morgan fingerprint density at radius 3 is 1.28 bits per heavy atom.